The van der Waals surface area contributed by atoms with E-state index in [-0.39, 0.29) is 24.8 Å². The van der Waals surface area contributed by atoms with Crippen molar-refractivity contribution in [2.24, 2.45) is 18.7 Å². The van der Waals surface area contributed by atoms with Gasteiger partial charge in [0.1, 0.15) is 28.8 Å². The van der Waals surface area contributed by atoms with Crippen LogP contribution in [0.2, 0.25) is 0 Å². The van der Waals surface area contributed by atoms with Gasteiger partial charge in [0, 0.05) is 54.7 Å². The van der Waals surface area contributed by atoms with Crippen molar-refractivity contribution in [1.82, 2.24) is 29.0 Å². The molecule has 4 aromatic heterocycles. The minimum Gasteiger partial charge on any atom is -0.494 e. The topological polar surface area (TPSA) is 133 Å². The third-order valence-corrected chi connectivity index (χ3v) is 8.62. The number of nitrogens with one attached hydrogen (secondary N) is 1. The van der Waals surface area contributed by atoms with Crippen molar-refractivity contribution in [3.63, 3.8) is 0 Å². The molecule has 1 aromatic carbocycles. The van der Waals surface area contributed by atoms with Crippen LogP contribution in [0, 0.1) is 12.8 Å². The molecule has 2 amide bonds. The highest BCUT2D eigenvalue weighted by molar-refractivity contribution is 6.04. The van der Waals surface area contributed by atoms with Crippen LogP contribution in [0.5, 0.6) is 5.75 Å². The van der Waals surface area contributed by atoms with Crippen molar-refractivity contribution in [1.29, 1.82) is 0 Å². The fraction of sp³-hybridized carbons (Fsp3) is 0.364. The number of anilines is 1. The SMILES string of the molecule is COc1cc(C(=O)N2C[C@H](N)C[C@@H](F)C2)cc2nc(-c3cc4ccc(C(=O)Nc5ccnc(C)c5)nc4n3CC3CC3)n(C)c12. The maximum Gasteiger partial charge on any atom is 0.274 e. The van der Waals surface area contributed by atoms with E-state index < -0.39 is 12.2 Å². The van der Waals surface area contributed by atoms with E-state index >= 15 is 0 Å². The molecular formula is C33H35FN8O3. The molecule has 1 saturated carbocycles. The molecule has 5 heterocycles. The summed E-state index contributed by atoms with van der Waals surface area (Å²) in [4.78, 5) is 42.1. The van der Waals surface area contributed by atoms with Crippen LogP contribution in [0.1, 0.15) is 45.8 Å². The van der Waals surface area contributed by atoms with Gasteiger partial charge in [0.2, 0.25) is 0 Å². The Bertz CT molecular complexity index is 1950. The van der Waals surface area contributed by atoms with Gasteiger partial charge in [0.25, 0.3) is 11.8 Å². The standard InChI is InChI=1S/C33H35FN8O3/c1-18-10-24(8-9-36-18)37-32(43)25-7-6-20-12-27(42(30(20)38-25)15-19-4-5-19)31-39-26-11-21(13-28(45-3)29(26)40(31)2)33(44)41-16-22(34)14-23(35)17-41/h6-13,19,22-23H,4-5,14-17,35H2,1-3H3,(H,36,37,43)/t22-,23-/m1/s1. The molecule has 7 rings (SSSR count). The molecule has 45 heavy (non-hydrogen) atoms. The molecular weight excluding hydrogens is 575 g/mol. The summed E-state index contributed by atoms with van der Waals surface area (Å²) < 4.78 is 24.1. The number of amides is 2. The molecule has 2 fully saturated rings. The van der Waals surface area contributed by atoms with Crippen LogP contribution in [-0.4, -0.2) is 73.2 Å². The summed E-state index contributed by atoms with van der Waals surface area (Å²) in [6, 6.07) is 12.2. The number of aromatic nitrogens is 5. The Balaban J connectivity index is 1.29. The van der Waals surface area contributed by atoms with Crippen LogP contribution >= 0.6 is 0 Å². The molecule has 1 saturated heterocycles. The third kappa shape index (κ3) is 5.50. The number of hydrogen-bond donors (Lipinski definition) is 2. The largest absolute Gasteiger partial charge is 0.494 e. The zero-order valence-electron chi connectivity index (χ0n) is 25.5. The van der Waals surface area contributed by atoms with Gasteiger partial charge >= 0.3 is 0 Å². The smallest absolute Gasteiger partial charge is 0.274 e. The van der Waals surface area contributed by atoms with Crippen molar-refractivity contribution in [2.75, 3.05) is 25.5 Å². The van der Waals surface area contributed by atoms with Crippen LogP contribution in [0.25, 0.3) is 33.6 Å². The number of aryl methyl sites for hydroxylation is 2. The Morgan fingerprint density at radius 3 is 2.67 bits per heavy atom. The fourth-order valence-corrected chi connectivity index (χ4v) is 6.24. The van der Waals surface area contributed by atoms with Crippen molar-refractivity contribution < 1.29 is 18.7 Å². The van der Waals surface area contributed by atoms with E-state index in [1.54, 1.807) is 37.6 Å². The normalized spacial score (nSPS) is 18.5. The predicted octanol–water partition coefficient (Wildman–Crippen LogP) is 4.48. The van der Waals surface area contributed by atoms with E-state index in [9.17, 15) is 14.0 Å². The first-order valence-electron chi connectivity index (χ1n) is 15.2. The second kappa shape index (κ2) is 11.3. The molecule has 12 heteroatoms. The number of pyridine rings is 2. The highest BCUT2D eigenvalue weighted by atomic mass is 19.1. The van der Waals surface area contributed by atoms with Gasteiger partial charge in [-0.25, -0.2) is 14.4 Å². The maximum absolute atomic E-state index is 14.3. The number of alkyl halides is 1. The molecule has 5 aromatic rings. The summed E-state index contributed by atoms with van der Waals surface area (Å²) in [5.74, 6) is 1.07. The molecule has 0 radical (unpaired) electrons. The lowest BCUT2D eigenvalue weighted by Gasteiger charge is -2.33. The second-order valence-electron chi connectivity index (χ2n) is 12.2. The van der Waals surface area contributed by atoms with E-state index in [4.69, 9.17) is 20.4 Å². The molecule has 232 valence electrons. The average molecular weight is 611 g/mol. The summed E-state index contributed by atoms with van der Waals surface area (Å²) >= 11 is 0. The van der Waals surface area contributed by atoms with Gasteiger partial charge in [0.05, 0.1) is 24.9 Å². The lowest BCUT2D eigenvalue weighted by atomic mass is 10.0. The molecule has 0 unspecified atom stereocenters. The molecule has 0 spiro atoms. The van der Waals surface area contributed by atoms with Gasteiger partial charge in [-0.3, -0.25) is 14.6 Å². The zero-order valence-corrected chi connectivity index (χ0v) is 25.5. The molecule has 2 atom stereocenters. The van der Waals surface area contributed by atoms with Crippen molar-refractivity contribution in [3.8, 4) is 17.3 Å². The number of imidazole rings is 1. The second-order valence-corrected chi connectivity index (χ2v) is 12.2. The van der Waals surface area contributed by atoms with Crippen LogP contribution < -0.4 is 15.8 Å². The first-order chi connectivity index (χ1) is 21.7. The van der Waals surface area contributed by atoms with E-state index in [1.165, 1.54) is 4.90 Å². The number of likely N-dealkylation sites (tertiary alicyclic amines) is 1. The summed E-state index contributed by atoms with van der Waals surface area (Å²) in [7, 11) is 3.46. The van der Waals surface area contributed by atoms with E-state index in [1.807, 2.05) is 36.7 Å². The number of piperidine rings is 1. The predicted molar refractivity (Wildman–Crippen MR) is 169 cm³/mol. The number of methoxy groups -OCH3 is 1. The highest BCUT2D eigenvalue weighted by Crippen LogP contribution is 2.38. The minimum absolute atomic E-state index is 0.0107. The lowest BCUT2D eigenvalue weighted by Crippen LogP contribution is -2.50. The Hall–Kier alpha value is -4.84. The Morgan fingerprint density at radius 1 is 1.11 bits per heavy atom. The van der Waals surface area contributed by atoms with Gasteiger partial charge in [-0.2, -0.15) is 0 Å². The van der Waals surface area contributed by atoms with Crippen molar-refractivity contribution >= 4 is 39.6 Å². The number of nitrogens with two attached hydrogens (primary N) is 1. The summed E-state index contributed by atoms with van der Waals surface area (Å²) in [5, 5.41) is 3.81. The van der Waals surface area contributed by atoms with E-state index in [0.717, 1.165) is 41.7 Å². The number of fused-ring (bicyclic) bond motifs is 2. The number of halogens is 1. The Kier molecular flexibility index (Phi) is 7.23. The maximum atomic E-state index is 14.3. The Morgan fingerprint density at radius 2 is 1.93 bits per heavy atom. The van der Waals surface area contributed by atoms with Gasteiger partial charge in [-0.1, -0.05) is 0 Å². The fourth-order valence-electron chi connectivity index (χ4n) is 6.24. The number of carbonyl (C=O) groups is 2. The van der Waals surface area contributed by atoms with Crippen LogP contribution in [0.3, 0.4) is 0 Å². The molecule has 0 bridgehead atoms. The van der Waals surface area contributed by atoms with Crippen LogP contribution in [0.4, 0.5) is 10.1 Å². The molecule has 11 nitrogen and oxygen atoms in total. The lowest BCUT2D eigenvalue weighted by molar-refractivity contribution is 0.0606. The van der Waals surface area contributed by atoms with Crippen LogP contribution in [0.15, 0.2) is 48.7 Å². The van der Waals surface area contributed by atoms with Gasteiger partial charge in [-0.15, -0.1) is 0 Å². The summed E-state index contributed by atoms with van der Waals surface area (Å²) in [6.45, 7) is 2.91. The first kappa shape index (κ1) is 28.9. The van der Waals surface area contributed by atoms with Crippen molar-refractivity contribution in [3.05, 3.63) is 65.6 Å². The number of rotatable bonds is 7. The highest BCUT2D eigenvalue weighted by Gasteiger charge is 2.31. The number of ether oxygens (including phenoxy) is 1. The number of carbonyl (C=O) groups excluding carboxylic acids is 2. The van der Waals surface area contributed by atoms with Crippen molar-refractivity contribution in [2.45, 2.75) is 44.9 Å². The first-order valence-corrected chi connectivity index (χ1v) is 15.2. The molecule has 3 N–H and O–H groups in total. The zero-order chi connectivity index (χ0) is 31.4. The molecule has 1 aliphatic heterocycles. The van der Waals surface area contributed by atoms with Crippen LogP contribution in [-0.2, 0) is 13.6 Å². The van der Waals surface area contributed by atoms with E-state index in [2.05, 4.69) is 14.9 Å². The van der Waals surface area contributed by atoms with Gasteiger partial charge in [-0.05, 0) is 74.6 Å². The third-order valence-electron chi connectivity index (χ3n) is 8.62. The monoisotopic (exact) mass is 610 g/mol. The molecule has 1 aliphatic carbocycles. The molecule has 2 aliphatic rings. The minimum atomic E-state index is -1.15. The number of hydrogen-bond acceptors (Lipinski definition) is 7. The summed E-state index contributed by atoms with van der Waals surface area (Å²) in [5.41, 5.74) is 11.0. The summed E-state index contributed by atoms with van der Waals surface area (Å²) in [6.07, 6.45) is 3.00. The number of benzene rings is 1. The Labute approximate surface area is 259 Å². The quantitative estimate of drug-likeness (QED) is 0.278. The van der Waals surface area contributed by atoms with Gasteiger partial charge in [0.15, 0.2) is 5.82 Å². The van der Waals surface area contributed by atoms with E-state index in [0.29, 0.717) is 52.1 Å². The average Bonchev–Trinajstić information content (AvgIpc) is 3.68. The van der Waals surface area contributed by atoms with Gasteiger partial charge < -0.3 is 29.8 Å². The number of nitrogens with zero attached hydrogens (tertiary/aromatic N) is 6.